The van der Waals surface area contributed by atoms with Gasteiger partial charge in [0.05, 0.1) is 23.6 Å². The molecule has 1 heterocycles. The number of carbonyl (C=O) groups excluding carboxylic acids is 1. The number of amides is 1. The highest BCUT2D eigenvalue weighted by Gasteiger charge is 2.29. The van der Waals surface area contributed by atoms with Crippen molar-refractivity contribution >= 4 is 50.9 Å². The molecule has 5 nitrogen and oxygen atoms in total. The minimum Gasteiger partial charge on any atom is -0.504 e. The Kier molecular flexibility index (Phi) is 5.34. The number of anilines is 1. The summed E-state index contributed by atoms with van der Waals surface area (Å²) >= 11 is 9.35. The van der Waals surface area contributed by atoms with Gasteiger partial charge < -0.3 is 9.84 Å². The van der Waals surface area contributed by atoms with E-state index in [9.17, 15) is 9.90 Å². The molecule has 0 radical (unpaired) electrons. The number of phenolic OH excluding ortho intramolecular Hbond substituents is 1. The van der Waals surface area contributed by atoms with Gasteiger partial charge in [-0.15, -0.1) is 0 Å². The van der Waals surface area contributed by atoms with E-state index in [0.717, 1.165) is 0 Å². The molecular formula is C19H16BrClN2O3. The van der Waals surface area contributed by atoms with Crippen molar-refractivity contribution in [1.29, 1.82) is 0 Å². The molecule has 1 amide bonds. The number of hydrazone groups is 1. The molecule has 0 saturated carbocycles. The van der Waals surface area contributed by atoms with Gasteiger partial charge >= 0.3 is 0 Å². The van der Waals surface area contributed by atoms with E-state index in [1.165, 1.54) is 5.01 Å². The molecule has 3 rings (SSSR count). The molecule has 2 aromatic rings. The molecule has 2 aromatic carbocycles. The van der Waals surface area contributed by atoms with Gasteiger partial charge in [-0.2, -0.15) is 10.1 Å². The van der Waals surface area contributed by atoms with Gasteiger partial charge in [-0.3, -0.25) is 4.79 Å². The zero-order valence-electron chi connectivity index (χ0n) is 14.2. The van der Waals surface area contributed by atoms with Crippen LogP contribution < -0.4 is 9.75 Å². The number of rotatable bonds is 4. The summed E-state index contributed by atoms with van der Waals surface area (Å²) in [6.07, 6.45) is 1.69. The van der Waals surface area contributed by atoms with Crippen LogP contribution in [0, 0.1) is 0 Å². The van der Waals surface area contributed by atoms with E-state index in [1.807, 2.05) is 6.92 Å². The van der Waals surface area contributed by atoms with E-state index in [0.29, 0.717) is 44.4 Å². The lowest BCUT2D eigenvalue weighted by Crippen LogP contribution is -2.21. The van der Waals surface area contributed by atoms with Gasteiger partial charge in [0.2, 0.25) is 0 Å². The Morgan fingerprint density at radius 1 is 1.31 bits per heavy atom. The second kappa shape index (κ2) is 7.51. The minimum absolute atomic E-state index is 0.0106. The van der Waals surface area contributed by atoms with Crippen LogP contribution in [-0.4, -0.2) is 23.3 Å². The third-order valence-corrected chi connectivity index (χ3v) is 4.75. The number of hydrogen-bond acceptors (Lipinski definition) is 4. The average molecular weight is 436 g/mol. The Balaban J connectivity index is 1.95. The average Bonchev–Trinajstić information content (AvgIpc) is 2.88. The maximum absolute atomic E-state index is 12.8. The summed E-state index contributed by atoms with van der Waals surface area (Å²) in [6.45, 7) is 4.05. The fourth-order valence-electron chi connectivity index (χ4n) is 2.54. The summed E-state index contributed by atoms with van der Waals surface area (Å²) in [6, 6.07) is 10.1. The fraction of sp³-hybridized carbons (Fsp3) is 0.158. The molecule has 0 aromatic heterocycles. The van der Waals surface area contributed by atoms with Gasteiger partial charge in [0.1, 0.15) is 0 Å². The highest BCUT2D eigenvalue weighted by Crippen LogP contribution is 2.35. The van der Waals surface area contributed by atoms with Crippen LogP contribution in [0.5, 0.6) is 11.5 Å². The highest BCUT2D eigenvalue weighted by molar-refractivity contribution is 9.10. The predicted molar refractivity (Wildman–Crippen MR) is 107 cm³/mol. The van der Waals surface area contributed by atoms with Crippen molar-refractivity contribution in [2.75, 3.05) is 11.6 Å². The second-order valence-electron chi connectivity index (χ2n) is 5.61. The summed E-state index contributed by atoms with van der Waals surface area (Å²) in [5, 5.41) is 16.3. The first-order valence-electron chi connectivity index (χ1n) is 7.93. The Morgan fingerprint density at radius 2 is 2.00 bits per heavy atom. The van der Waals surface area contributed by atoms with Crippen molar-refractivity contribution < 1.29 is 14.6 Å². The molecule has 0 bridgehead atoms. The largest absolute Gasteiger partial charge is 0.504 e. The molecule has 0 unspecified atom stereocenters. The minimum atomic E-state index is -0.245. The Bertz CT molecular complexity index is 923. The maximum atomic E-state index is 12.8. The summed E-state index contributed by atoms with van der Waals surface area (Å²) in [5.74, 6) is 0.147. The standard InChI is InChI=1S/C19H16BrClN2O3/c1-3-26-18-10-16(20)12(9-17(18)24)8-15-11(2)22-23(19(15)25)14-6-4-13(21)5-7-14/h4-10,24H,3H2,1-2H3/b15-8-. The number of aromatic hydroxyl groups is 1. The van der Waals surface area contributed by atoms with Crippen LogP contribution in [0.25, 0.3) is 6.08 Å². The molecule has 0 atom stereocenters. The first-order valence-corrected chi connectivity index (χ1v) is 9.10. The van der Waals surface area contributed by atoms with Crippen molar-refractivity contribution in [3.05, 3.63) is 57.0 Å². The molecule has 0 fully saturated rings. The quantitative estimate of drug-likeness (QED) is 0.687. The summed E-state index contributed by atoms with van der Waals surface area (Å²) in [5.41, 5.74) is 2.33. The molecule has 0 spiro atoms. The van der Waals surface area contributed by atoms with Crippen LogP contribution in [0.1, 0.15) is 19.4 Å². The molecule has 1 N–H and O–H groups in total. The van der Waals surface area contributed by atoms with Crippen LogP contribution in [0.2, 0.25) is 5.02 Å². The lowest BCUT2D eigenvalue weighted by Gasteiger charge is -2.12. The monoisotopic (exact) mass is 434 g/mol. The highest BCUT2D eigenvalue weighted by atomic mass is 79.9. The zero-order valence-corrected chi connectivity index (χ0v) is 16.5. The second-order valence-corrected chi connectivity index (χ2v) is 6.90. The number of phenols is 1. The van der Waals surface area contributed by atoms with E-state index >= 15 is 0 Å². The third-order valence-electron chi connectivity index (χ3n) is 3.81. The predicted octanol–water partition coefficient (Wildman–Crippen LogP) is 5.01. The first kappa shape index (κ1) is 18.5. The Hall–Kier alpha value is -2.31. The number of halogens is 2. The van der Waals surface area contributed by atoms with E-state index in [2.05, 4.69) is 21.0 Å². The Morgan fingerprint density at radius 3 is 2.65 bits per heavy atom. The molecule has 0 aliphatic carbocycles. The fourth-order valence-corrected chi connectivity index (χ4v) is 3.10. The van der Waals surface area contributed by atoms with E-state index < -0.39 is 0 Å². The molecule has 1 aliphatic heterocycles. The van der Waals surface area contributed by atoms with Crippen LogP contribution in [0.4, 0.5) is 5.69 Å². The number of nitrogens with zero attached hydrogens (tertiary/aromatic N) is 2. The normalized spacial score (nSPS) is 15.5. The van der Waals surface area contributed by atoms with E-state index in [-0.39, 0.29) is 11.7 Å². The van der Waals surface area contributed by atoms with Crippen molar-refractivity contribution in [1.82, 2.24) is 0 Å². The Labute approximate surface area is 164 Å². The summed E-state index contributed by atoms with van der Waals surface area (Å²) < 4.78 is 6.06. The maximum Gasteiger partial charge on any atom is 0.280 e. The van der Waals surface area contributed by atoms with Gasteiger partial charge in [0, 0.05) is 9.50 Å². The summed E-state index contributed by atoms with van der Waals surface area (Å²) in [7, 11) is 0. The van der Waals surface area contributed by atoms with Crippen molar-refractivity contribution in [2.24, 2.45) is 5.10 Å². The van der Waals surface area contributed by atoms with Gasteiger partial charge in [0.25, 0.3) is 5.91 Å². The molecule has 134 valence electrons. The number of ether oxygens (including phenoxy) is 1. The van der Waals surface area contributed by atoms with Gasteiger partial charge in [-0.1, -0.05) is 27.5 Å². The first-order chi connectivity index (χ1) is 12.4. The van der Waals surface area contributed by atoms with Crippen molar-refractivity contribution in [3.8, 4) is 11.5 Å². The lowest BCUT2D eigenvalue weighted by atomic mass is 10.1. The van der Waals surface area contributed by atoms with Crippen LogP contribution in [0.15, 0.2) is 51.5 Å². The van der Waals surface area contributed by atoms with Crippen LogP contribution in [0.3, 0.4) is 0 Å². The van der Waals surface area contributed by atoms with E-state index in [1.54, 1.807) is 49.4 Å². The molecule has 0 saturated heterocycles. The lowest BCUT2D eigenvalue weighted by molar-refractivity contribution is -0.114. The SMILES string of the molecule is CCOc1cc(Br)c(/C=C2\C(=O)N(c3ccc(Cl)cc3)N=C2C)cc1O. The molecule has 26 heavy (non-hydrogen) atoms. The van der Waals surface area contributed by atoms with E-state index in [4.69, 9.17) is 16.3 Å². The number of carbonyl (C=O) groups is 1. The van der Waals surface area contributed by atoms with Crippen molar-refractivity contribution in [3.63, 3.8) is 0 Å². The number of hydrogen-bond donors (Lipinski definition) is 1. The van der Waals surface area contributed by atoms with Crippen molar-refractivity contribution in [2.45, 2.75) is 13.8 Å². The molecule has 1 aliphatic rings. The zero-order chi connectivity index (χ0) is 18.8. The van der Waals surface area contributed by atoms with Gasteiger partial charge in [-0.25, -0.2) is 0 Å². The molecule has 7 heteroatoms. The van der Waals surface area contributed by atoms with Gasteiger partial charge in [-0.05, 0) is 61.9 Å². The topological polar surface area (TPSA) is 62.1 Å². The van der Waals surface area contributed by atoms with Crippen LogP contribution >= 0.6 is 27.5 Å². The van der Waals surface area contributed by atoms with Gasteiger partial charge in [0.15, 0.2) is 11.5 Å². The summed E-state index contributed by atoms with van der Waals surface area (Å²) in [4.78, 5) is 12.8. The van der Waals surface area contributed by atoms with Crippen LogP contribution in [-0.2, 0) is 4.79 Å². The third kappa shape index (κ3) is 3.61. The molecular weight excluding hydrogens is 420 g/mol. The number of benzene rings is 2. The smallest absolute Gasteiger partial charge is 0.280 e.